The first-order valence-corrected chi connectivity index (χ1v) is 10.3. The van der Waals surface area contributed by atoms with Crippen LogP contribution in [-0.4, -0.2) is 47.1 Å². The van der Waals surface area contributed by atoms with Crippen molar-refractivity contribution < 1.29 is 14.4 Å². The van der Waals surface area contributed by atoms with Crippen LogP contribution in [0, 0.1) is 5.92 Å². The molecule has 1 aliphatic rings. The van der Waals surface area contributed by atoms with Gasteiger partial charge in [0.2, 0.25) is 11.8 Å². The smallest absolute Gasteiger partial charge is 0.229 e. The highest BCUT2D eigenvalue weighted by Gasteiger charge is 2.26. The minimum Gasteiger partial charge on any atom is -0.326 e. The van der Waals surface area contributed by atoms with Gasteiger partial charge >= 0.3 is 0 Å². The highest BCUT2D eigenvalue weighted by molar-refractivity contribution is 6.30. The van der Waals surface area contributed by atoms with Crippen LogP contribution in [-0.2, 0) is 9.59 Å². The molecule has 1 aromatic heterocycles. The van der Waals surface area contributed by atoms with E-state index >= 15 is 0 Å². The molecule has 0 radical (unpaired) electrons. The number of halogens is 1. The summed E-state index contributed by atoms with van der Waals surface area (Å²) in [6.45, 7) is 3.57. The summed E-state index contributed by atoms with van der Waals surface area (Å²) in [5, 5.41) is 6.19. The lowest BCUT2D eigenvalue weighted by Crippen LogP contribution is -2.41. The molecule has 3 rings (SSSR count). The van der Waals surface area contributed by atoms with E-state index in [0.29, 0.717) is 41.6 Å². The van der Waals surface area contributed by atoms with Gasteiger partial charge in [0.1, 0.15) is 5.82 Å². The third-order valence-corrected chi connectivity index (χ3v) is 5.31. The summed E-state index contributed by atoms with van der Waals surface area (Å²) in [7, 11) is 0. The Morgan fingerprint density at radius 1 is 1.13 bits per heavy atom. The van der Waals surface area contributed by atoms with Crippen molar-refractivity contribution >= 4 is 40.7 Å². The van der Waals surface area contributed by atoms with Gasteiger partial charge in [-0.3, -0.25) is 14.4 Å². The van der Waals surface area contributed by atoms with Crippen LogP contribution in [0.5, 0.6) is 0 Å². The van der Waals surface area contributed by atoms with Crippen LogP contribution < -0.4 is 10.6 Å². The fourth-order valence-corrected chi connectivity index (χ4v) is 3.53. The van der Waals surface area contributed by atoms with Crippen molar-refractivity contribution in [3.05, 3.63) is 53.2 Å². The van der Waals surface area contributed by atoms with E-state index in [1.165, 1.54) is 13.1 Å². The lowest BCUT2D eigenvalue weighted by molar-refractivity contribution is -0.121. The minimum atomic E-state index is -0.140. The summed E-state index contributed by atoms with van der Waals surface area (Å²) in [4.78, 5) is 42.3. The Morgan fingerprint density at radius 2 is 1.90 bits per heavy atom. The van der Waals surface area contributed by atoms with Crippen molar-refractivity contribution in [2.75, 3.05) is 30.3 Å². The molecule has 1 atom stereocenters. The number of likely N-dealkylation sites (tertiary alicyclic amines) is 1. The van der Waals surface area contributed by atoms with Gasteiger partial charge < -0.3 is 15.5 Å². The molecule has 2 amide bonds. The van der Waals surface area contributed by atoms with Crippen LogP contribution >= 0.6 is 11.6 Å². The van der Waals surface area contributed by atoms with E-state index in [9.17, 15) is 14.4 Å². The van der Waals surface area contributed by atoms with Crippen molar-refractivity contribution in [1.29, 1.82) is 0 Å². The Kier molecular flexibility index (Phi) is 7.54. The van der Waals surface area contributed by atoms with Gasteiger partial charge in [0.25, 0.3) is 0 Å². The molecular weight excluding hydrogens is 404 g/mol. The molecule has 1 saturated heterocycles. The maximum Gasteiger partial charge on any atom is 0.229 e. The van der Waals surface area contributed by atoms with Gasteiger partial charge in [-0.1, -0.05) is 11.6 Å². The van der Waals surface area contributed by atoms with Gasteiger partial charge in [-0.05, 0) is 62.7 Å². The van der Waals surface area contributed by atoms with Gasteiger partial charge in [0.15, 0.2) is 5.78 Å². The first kappa shape index (κ1) is 21.9. The fourth-order valence-electron chi connectivity index (χ4n) is 3.42. The molecule has 0 aliphatic carbocycles. The lowest BCUT2D eigenvalue weighted by Gasteiger charge is -2.31. The second-order valence-corrected chi connectivity index (χ2v) is 7.86. The Morgan fingerprint density at radius 3 is 2.57 bits per heavy atom. The SMILES string of the molecule is CC(=O)c1ccc(NC(=O)CCN2CCCC(C(=O)Nc3ccc(Cl)cn3)C2)cc1. The van der Waals surface area contributed by atoms with E-state index in [1.807, 2.05) is 0 Å². The van der Waals surface area contributed by atoms with E-state index in [1.54, 1.807) is 36.4 Å². The van der Waals surface area contributed by atoms with Crippen LogP contribution in [0.2, 0.25) is 5.02 Å². The molecular formula is C22H25ClN4O3. The normalized spacial score (nSPS) is 16.7. The van der Waals surface area contributed by atoms with Crippen molar-refractivity contribution in [2.45, 2.75) is 26.2 Å². The van der Waals surface area contributed by atoms with Gasteiger partial charge in [0.05, 0.1) is 10.9 Å². The maximum atomic E-state index is 12.5. The molecule has 1 aromatic carbocycles. The summed E-state index contributed by atoms with van der Waals surface area (Å²) in [5.41, 5.74) is 1.27. The minimum absolute atomic E-state index is 0.0107. The first-order valence-electron chi connectivity index (χ1n) is 9.96. The third kappa shape index (κ3) is 6.37. The highest BCUT2D eigenvalue weighted by atomic mass is 35.5. The summed E-state index contributed by atoms with van der Waals surface area (Å²) >= 11 is 5.82. The zero-order valence-corrected chi connectivity index (χ0v) is 17.6. The molecule has 158 valence electrons. The quantitative estimate of drug-likeness (QED) is 0.657. The monoisotopic (exact) mass is 428 g/mol. The second-order valence-electron chi connectivity index (χ2n) is 7.42. The number of benzene rings is 1. The van der Waals surface area contributed by atoms with Gasteiger partial charge in [0, 0.05) is 37.0 Å². The number of ketones is 1. The number of anilines is 2. The van der Waals surface area contributed by atoms with Crippen LogP contribution in [0.25, 0.3) is 0 Å². The largest absolute Gasteiger partial charge is 0.326 e. The number of nitrogens with one attached hydrogen (secondary N) is 2. The number of hydrogen-bond donors (Lipinski definition) is 2. The molecule has 1 unspecified atom stereocenters. The average Bonchev–Trinajstić information content (AvgIpc) is 2.74. The number of aromatic nitrogens is 1. The summed E-state index contributed by atoms with van der Waals surface area (Å²) in [6.07, 6.45) is 3.54. The van der Waals surface area contributed by atoms with E-state index < -0.39 is 0 Å². The Bertz CT molecular complexity index is 900. The molecule has 2 heterocycles. The highest BCUT2D eigenvalue weighted by Crippen LogP contribution is 2.19. The van der Waals surface area contributed by atoms with Crippen molar-refractivity contribution in [3.8, 4) is 0 Å². The third-order valence-electron chi connectivity index (χ3n) is 5.09. The first-order chi connectivity index (χ1) is 14.4. The molecule has 30 heavy (non-hydrogen) atoms. The number of amides is 2. The molecule has 7 nitrogen and oxygen atoms in total. The molecule has 1 aliphatic heterocycles. The number of Topliss-reactive ketones (excluding diaryl/α,β-unsaturated/α-hetero) is 1. The summed E-state index contributed by atoms with van der Waals surface area (Å²) in [6, 6.07) is 10.2. The predicted octanol–water partition coefficient (Wildman–Crippen LogP) is 3.62. The lowest BCUT2D eigenvalue weighted by atomic mass is 9.97. The van der Waals surface area contributed by atoms with E-state index in [-0.39, 0.29) is 23.5 Å². The second kappa shape index (κ2) is 10.3. The Labute approximate surface area is 180 Å². The van der Waals surface area contributed by atoms with Gasteiger partial charge in [-0.2, -0.15) is 0 Å². The van der Waals surface area contributed by atoms with Crippen LogP contribution in [0.15, 0.2) is 42.6 Å². The number of pyridine rings is 1. The van der Waals surface area contributed by atoms with E-state index in [2.05, 4.69) is 20.5 Å². The van der Waals surface area contributed by atoms with E-state index in [0.717, 1.165) is 19.4 Å². The molecule has 2 aromatic rings. The van der Waals surface area contributed by atoms with Crippen molar-refractivity contribution in [2.24, 2.45) is 5.92 Å². The Balaban J connectivity index is 1.45. The zero-order valence-electron chi connectivity index (χ0n) is 16.9. The van der Waals surface area contributed by atoms with Gasteiger partial charge in [-0.15, -0.1) is 0 Å². The summed E-state index contributed by atoms with van der Waals surface area (Å²) < 4.78 is 0. The fraction of sp³-hybridized carbons (Fsp3) is 0.364. The topological polar surface area (TPSA) is 91.4 Å². The predicted molar refractivity (Wildman–Crippen MR) is 117 cm³/mol. The maximum absolute atomic E-state index is 12.5. The average molecular weight is 429 g/mol. The number of carbonyl (C=O) groups is 3. The van der Waals surface area contributed by atoms with Crippen molar-refractivity contribution in [3.63, 3.8) is 0 Å². The number of rotatable bonds is 7. The molecule has 8 heteroatoms. The van der Waals surface area contributed by atoms with Gasteiger partial charge in [-0.25, -0.2) is 4.98 Å². The molecule has 0 bridgehead atoms. The number of nitrogens with zero attached hydrogens (tertiary/aromatic N) is 2. The standard InChI is InChI=1S/C22H25ClN4O3/c1-15(28)16-4-7-19(8-5-16)25-21(29)10-12-27-11-2-3-17(14-27)22(30)26-20-9-6-18(23)13-24-20/h4-9,13,17H,2-3,10-12,14H2,1H3,(H,25,29)(H,24,26,30). The number of carbonyl (C=O) groups excluding carboxylic acids is 3. The zero-order chi connectivity index (χ0) is 21.5. The van der Waals surface area contributed by atoms with E-state index in [4.69, 9.17) is 11.6 Å². The number of hydrogen-bond acceptors (Lipinski definition) is 5. The van der Waals surface area contributed by atoms with Crippen molar-refractivity contribution in [1.82, 2.24) is 9.88 Å². The molecule has 1 fully saturated rings. The molecule has 0 saturated carbocycles. The van der Waals surface area contributed by atoms with Crippen LogP contribution in [0.3, 0.4) is 0 Å². The molecule has 0 spiro atoms. The van der Waals surface area contributed by atoms with Crippen LogP contribution in [0.1, 0.15) is 36.5 Å². The summed E-state index contributed by atoms with van der Waals surface area (Å²) in [5.74, 6) is 0.172. The number of piperidine rings is 1. The Hall–Kier alpha value is -2.77. The van der Waals surface area contributed by atoms with Crippen LogP contribution in [0.4, 0.5) is 11.5 Å². The molecule has 2 N–H and O–H groups in total.